The zero-order chi connectivity index (χ0) is 13.3. The number of fused-ring (bicyclic) bond motifs is 1. The topological polar surface area (TPSA) is 55.1 Å². The number of benzene rings is 1. The summed E-state index contributed by atoms with van der Waals surface area (Å²) < 4.78 is 0. The molecule has 0 saturated heterocycles. The maximum absolute atomic E-state index is 11.8. The molecule has 1 aromatic rings. The molecule has 2 atom stereocenters. The van der Waals surface area contributed by atoms with E-state index in [2.05, 4.69) is 37.4 Å². The number of hydrogen-bond acceptors (Lipinski definition) is 2. The molecule has 3 heteroatoms. The van der Waals surface area contributed by atoms with E-state index in [1.165, 1.54) is 11.1 Å². The van der Waals surface area contributed by atoms with Gasteiger partial charge in [0.15, 0.2) is 0 Å². The molecule has 3 nitrogen and oxygen atoms in total. The van der Waals surface area contributed by atoms with Crippen LogP contribution in [0.4, 0.5) is 0 Å². The molecular weight excluding hydrogens is 224 g/mol. The first-order valence-corrected chi connectivity index (χ1v) is 6.54. The highest BCUT2D eigenvalue weighted by atomic mass is 16.1. The van der Waals surface area contributed by atoms with Crippen LogP contribution >= 0.6 is 0 Å². The molecule has 0 radical (unpaired) electrons. The van der Waals surface area contributed by atoms with Crippen LogP contribution in [0, 0.1) is 0 Å². The molecule has 98 valence electrons. The van der Waals surface area contributed by atoms with Crippen LogP contribution in [0.1, 0.15) is 50.8 Å². The number of rotatable bonds is 3. The highest BCUT2D eigenvalue weighted by molar-refractivity contribution is 5.77. The van der Waals surface area contributed by atoms with E-state index in [0.717, 1.165) is 6.42 Å². The van der Waals surface area contributed by atoms with Gasteiger partial charge < -0.3 is 11.1 Å². The first-order valence-electron chi connectivity index (χ1n) is 6.54. The van der Waals surface area contributed by atoms with Crippen molar-refractivity contribution < 1.29 is 4.79 Å². The molecule has 0 spiro atoms. The van der Waals surface area contributed by atoms with Gasteiger partial charge in [0, 0.05) is 12.5 Å². The molecule has 1 aromatic carbocycles. The van der Waals surface area contributed by atoms with E-state index in [4.69, 9.17) is 5.73 Å². The van der Waals surface area contributed by atoms with Crippen LogP contribution in [0.15, 0.2) is 24.3 Å². The average Bonchev–Trinajstić information content (AvgIpc) is 2.50. The summed E-state index contributed by atoms with van der Waals surface area (Å²) in [6.45, 7) is 6.30. The van der Waals surface area contributed by atoms with E-state index >= 15 is 0 Å². The minimum absolute atomic E-state index is 0.0440. The van der Waals surface area contributed by atoms with Gasteiger partial charge in [0.1, 0.15) is 0 Å². The molecule has 0 fully saturated rings. The number of carbonyl (C=O) groups is 1. The van der Waals surface area contributed by atoms with Crippen molar-refractivity contribution in [3.8, 4) is 0 Å². The van der Waals surface area contributed by atoms with E-state index in [9.17, 15) is 4.79 Å². The Morgan fingerprint density at radius 2 is 2.17 bits per heavy atom. The van der Waals surface area contributed by atoms with Gasteiger partial charge >= 0.3 is 0 Å². The molecule has 1 aliphatic rings. The van der Waals surface area contributed by atoms with Crippen molar-refractivity contribution in [3.05, 3.63) is 35.4 Å². The van der Waals surface area contributed by atoms with Gasteiger partial charge in [0.25, 0.3) is 0 Å². The van der Waals surface area contributed by atoms with Gasteiger partial charge in [-0.05, 0) is 29.9 Å². The van der Waals surface area contributed by atoms with Crippen molar-refractivity contribution in [2.45, 2.75) is 51.1 Å². The first-order chi connectivity index (χ1) is 8.40. The van der Waals surface area contributed by atoms with Crippen molar-refractivity contribution in [1.29, 1.82) is 0 Å². The number of carbonyl (C=O) groups excluding carboxylic acids is 1. The number of amides is 1. The Kier molecular flexibility index (Phi) is 3.44. The van der Waals surface area contributed by atoms with Gasteiger partial charge in [-0.25, -0.2) is 0 Å². The second-order valence-corrected chi connectivity index (χ2v) is 5.98. The van der Waals surface area contributed by atoms with Crippen molar-refractivity contribution in [2.75, 3.05) is 0 Å². The lowest BCUT2D eigenvalue weighted by molar-refractivity contribution is -0.122. The zero-order valence-corrected chi connectivity index (χ0v) is 11.4. The van der Waals surface area contributed by atoms with Crippen LogP contribution in [-0.4, -0.2) is 11.9 Å². The van der Waals surface area contributed by atoms with Gasteiger partial charge in [-0.2, -0.15) is 0 Å². The molecule has 2 unspecified atom stereocenters. The molecule has 0 saturated carbocycles. The maximum atomic E-state index is 11.8. The standard InChI is InChI=1S/C15H22N2O/c1-10(16)8-14(18)17-13-9-15(2,3)12-7-5-4-6-11(12)13/h4-7,10,13H,8-9,16H2,1-3H3,(H,17,18). The van der Waals surface area contributed by atoms with Crippen LogP contribution in [0.2, 0.25) is 0 Å². The molecule has 1 aliphatic carbocycles. The Morgan fingerprint density at radius 3 is 2.83 bits per heavy atom. The van der Waals surface area contributed by atoms with Crippen LogP contribution in [-0.2, 0) is 10.2 Å². The SMILES string of the molecule is CC(N)CC(=O)NC1CC(C)(C)c2ccccc21. The smallest absolute Gasteiger partial charge is 0.222 e. The number of nitrogens with one attached hydrogen (secondary N) is 1. The average molecular weight is 246 g/mol. The second kappa shape index (κ2) is 4.73. The minimum atomic E-state index is -0.0883. The molecular formula is C15H22N2O. The Balaban J connectivity index is 2.15. The first kappa shape index (κ1) is 13.1. The van der Waals surface area contributed by atoms with E-state index in [1.807, 2.05) is 13.0 Å². The lowest BCUT2D eigenvalue weighted by Gasteiger charge is -2.19. The summed E-state index contributed by atoms with van der Waals surface area (Å²) in [6, 6.07) is 8.41. The Morgan fingerprint density at radius 1 is 1.50 bits per heavy atom. The van der Waals surface area contributed by atoms with Crippen LogP contribution < -0.4 is 11.1 Å². The van der Waals surface area contributed by atoms with Crippen molar-refractivity contribution in [1.82, 2.24) is 5.32 Å². The predicted molar refractivity (Wildman–Crippen MR) is 73.2 cm³/mol. The van der Waals surface area contributed by atoms with E-state index in [0.29, 0.717) is 6.42 Å². The summed E-state index contributed by atoms with van der Waals surface area (Å²) >= 11 is 0. The largest absolute Gasteiger partial charge is 0.349 e. The summed E-state index contributed by atoms with van der Waals surface area (Å²) in [7, 11) is 0. The number of hydrogen-bond donors (Lipinski definition) is 2. The molecule has 2 rings (SSSR count). The van der Waals surface area contributed by atoms with E-state index in [1.54, 1.807) is 0 Å². The van der Waals surface area contributed by atoms with Gasteiger partial charge in [-0.1, -0.05) is 38.1 Å². The number of nitrogens with two attached hydrogens (primary N) is 1. The summed E-state index contributed by atoms with van der Waals surface area (Å²) in [5.41, 5.74) is 8.38. The van der Waals surface area contributed by atoms with Crippen molar-refractivity contribution in [2.24, 2.45) is 5.73 Å². The minimum Gasteiger partial charge on any atom is -0.349 e. The van der Waals surface area contributed by atoms with E-state index in [-0.39, 0.29) is 23.4 Å². The monoisotopic (exact) mass is 246 g/mol. The third kappa shape index (κ3) is 2.56. The highest BCUT2D eigenvalue weighted by Gasteiger charge is 2.36. The molecule has 0 heterocycles. The normalized spacial score (nSPS) is 22.3. The molecule has 0 bridgehead atoms. The molecule has 0 aliphatic heterocycles. The van der Waals surface area contributed by atoms with Gasteiger partial charge in [0.2, 0.25) is 5.91 Å². The summed E-state index contributed by atoms with van der Waals surface area (Å²) in [5.74, 6) is 0.0440. The maximum Gasteiger partial charge on any atom is 0.222 e. The molecule has 18 heavy (non-hydrogen) atoms. The molecule has 0 aromatic heterocycles. The lowest BCUT2D eigenvalue weighted by atomic mass is 9.86. The highest BCUT2D eigenvalue weighted by Crippen LogP contribution is 2.44. The fourth-order valence-corrected chi connectivity index (χ4v) is 2.82. The fourth-order valence-electron chi connectivity index (χ4n) is 2.82. The van der Waals surface area contributed by atoms with Crippen LogP contribution in [0.5, 0.6) is 0 Å². The van der Waals surface area contributed by atoms with Gasteiger partial charge in [-0.3, -0.25) is 4.79 Å². The summed E-state index contributed by atoms with van der Waals surface area (Å²) in [4.78, 5) is 11.8. The molecule has 1 amide bonds. The zero-order valence-electron chi connectivity index (χ0n) is 11.4. The third-order valence-corrected chi connectivity index (χ3v) is 3.62. The van der Waals surface area contributed by atoms with E-state index < -0.39 is 0 Å². The van der Waals surface area contributed by atoms with Crippen molar-refractivity contribution >= 4 is 5.91 Å². The van der Waals surface area contributed by atoms with Crippen LogP contribution in [0.3, 0.4) is 0 Å². The third-order valence-electron chi connectivity index (χ3n) is 3.62. The van der Waals surface area contributed by atoms with Gasteiger partial charge in [0.05, 0.1) is 6.04 Å². The van der Waals surface area contributed by atoms with Crippen LogP contribution in [0.25, 0.3) is 0 Å². The quantitative estimate of drug-likeness (QED) is 0.859. The fraction of sp³-hybridized carbons (Fsp3) is 0.533. The second-order valence-electron chi connectivity index (χ2n) is 5.98. The van der Waals surface area contributed by atoms with Gasteiger partial charge in [-0.15, -0.1) is 0 Å². The summed E-state index contributed by atoms with van der Waals surface area (Å²) in [6.07, 6.45) is 1.34. The van der Waals surface area contributed by atoms with Crippen molar-refractivity contribution in [3.63, 3.8) is 0 Å². The lowest BCUT2D eigenvalue weighted by Crippen LogP contribution is -2.32. The molecule has 3 N–H and O–H groups in total. The Labute approximate surface area is 109 Å². The summed E-state index contributed by atoms with van der Waals surface area (Å²) in [5, 5.41) is 3.10. The Bertz CT molecular complexity index is 452. The Hall–Kier alpha value is -1.35. The predicted octanol–water partition coefficient (Wildman–Crippen LogP) is 2.26.